The number of imidazole rings is 1. The van der Waals surface area contributed by atoms with Crippen LogP contribution in [0.2, 0.25) is 5.02 Å². The minimum atomic E-state index is -0.250. The lowest BCUT2D eigenvalue weighted by molar-refractivity contribution is -0.122. The fraction of sp³-hybridized carbons (Fsp3) is 0.522. The Kier molecular flexibility index (Phi) is 6.51. The summed E-state index contributed by atoms with van der Waals surface area (Å²) in [5.41, 5.74) is 1.73. The lowest BCUT2D eigenvalue weighted by Gasteiger charge is -2.23. The van der Waals surface area contributed by atoms with Crippen molar-refractivity contribution in [3.63, 3.8) is 0 Å². The van der Waals surface area contributed by atoms with Crippen LogP contribution in [0, 0.1) is 0 Å². The summed E-state index contributed by atoms with van der Waals surface area (Å²) in [7, 11) is 0. The van der Waals surface area contributed by atoms with Crippen molar-refractivity contribution in [1.82, 2.24) is 14.9 Å². The van der Waals surface area contributed by atoms with Gasteiger partial charge in [-0.3, -0.25) is 14.6 Å². The van der Waals surface area contributed by atoms with E-state index in [0.717, 1.165) is 31.2 Å². The Hall–Kier alpha value is -2.54. The molecule has 0 spiro atoms. The standard InChI is InChI=1S/C23H29ClN4O3/c1-14(7-6-10-20(29)25-17-8-4-3-5-9-17)31-18-11-16-13-28-15(2)22(30)27-23(28)26-21(16)19(24)12-18/h11-12,14,17H,2-10,13H2,1H3,(H,25,29)(H,26,27,30). The first kappa shape index (κ1) is 21.7. The summed E-state index contributed by atoms with van der Waals surface area (Å²) in [6.45, 7) is 6.26. The zero-order valence-corrected chi connectivity index (χ0v) is 18.6. The SMILES string of the molecule is C=c1c(=O)[nH]c2n1Cc1cc(OC(C)CCCC(=O)NC3CCCCC3)cc(Cl)c1N=2. The van der Waals surface area contributed by atoms with Gasteiger partial charge >= 0.3 is 0 Å². The number of nitrogens with zero attached hydrogens (tertiary/aromatic N) is 2. The summed E-state index contributed by atoms with van der Waals surface area (Å²) < 4.78 is 7.80. The van der Waals surface area contributed by atoms with E-state index in [0.29, 0.717) is 46.4 Å². The number of halogens is 1. The molecule has 0 radical (unpaired) electrons. The van der Waals surface area contributed by atoms with Gasteiger partial charge in [0.2, 0.25) is 11.5 Å². The molecule has 1 aliphatic heterocycles. The van der Waals surface area contributed by atoms with Crippen molar-refractivity contribution in [2.24, 2.45) is 4.99 Å². The van der Waals surface area contributed by atoms with Crippen LogP contribution in [0.25, 0.3) is 6.58 Å². The van der Waals surface area contributed by atoms with E-state index < -0.39 is 0 Å². The molecule has 0 saturated heterocycles. The monoisotopic (exact) mass is 444 g/mol. The highest BCUT2D eigenvalue weighted by molar-refractivity contribution is 6.33. The van der Waals surface area contributed by atoms with Crippen LogP contribution >= 0.6 is 11.6 Å². The van der Waals surface area contributed by atoms with Crippen LogP contribution in [0.15, 0.2) is 21.9 Å². The number of benzene rings is 1. The molecule has 1 amide bonds. The lowest BCUT2D eigenvalue weighted by atomic mass is 9.95. The van der Waals surface area contributed by atoms with Gasteiger partial charge in [0.15, 0.2) is 0 Å². The predicted molar refractivity (Wildman–Crippen MR) is 121 cm³/mol. The predicted octanol–water partition coefficient (Wildman–Crippen LogP) is 2.94. The summed E-state index contributed by atoms with van der Waals surface area (Å²) in [5, 5.41) is 4.00. The van der Waals surface area contributed by atoms with Crippen LogP contribution < -0.4 is 26.6 Å². The van der Waals surface area contributed by atoms with Gasteiger partial charge in [-0.15, -0.1) is 0 Å². The summed E-state index contributed by atoms with van der Waals surface area (Å²) >= 11 is 6.44. The number of aromatic nitrogens is 2. The maximum Gasteiger partial charge on any atom is 0.274 e. The average Bonchev–Trinajstić information content (AvgIpc) is 3.01. The maximum absolute atomic E-state index is 12.2. The van der Waals surface area contributed by atoms with Crippen molar-refractivity contribution in [1.29, 1.82) is 0 Å². The molecule has 1 aliphatic carbocycles. The number of amides is 1. The molecule has 1 atom stereocenters. The molecule has 4 rings (SSSR count). The van der Waals surface area contributed by atoms with Crippen molar-refractivity contribution in [2.45, 2.75) is 77.0 Å². The van der Waals surface area contributed by atoms with E-state index in [9.17, 15) is 9.59 Å². The number of ether oxygens (including phenoxy) is 1. The first-order valence-corrected chi connectivity index (χ1v) is 11.4. The second kappa shape index (κ2) is 9.30. The number of hydrogen-bond donors (Lipinski definition) is 2. The molecular formula is C23H29ClN4O3. The second-order valence-corrected chi connectivity index (χ2v) is 8.97. The van der Waals surface area contributed by atoms with E-state index in [2.05, 4.69) is 21.9 Å². The Bertz CT molecular complexity index is 1130. The number of fused-ring (bicyclic) bond motifs is 2. The van der Waals surface area contributed by atoms with Crippen LogP contribution in [0.4, 0.5) is 5.69 Å². The third kappa shape index (κ3) is 5.03. The number of rotatable bonds is 7. The summed E-state index contributed by atoms with van der Waals surface area (Å²) in [4.78, 5) is 31.2. The molecule has 7 nitrogen and oxygen atoms in total. The Morgan fingerprint density at radius 2 is 2.16 bits per heavy atom. The van der Waals surface area contributed by atoms with Crippen molar-refractivity contribution in [2.75, 3.05) is 0 Å². The maximum atomic E-state index is 12.2. The molecule has 1 aromatic heterocycles. The molecule has 1 fully saturated rings. The molecule has 8 heteroatoms. The largest absolute Gasteiger partial charge is 0.491 e. The number of carbonyl (C=O) groups is 1. The Morgan fingerprint density at radius 3 is 2.94 bits per heavy atom. The molecule has 31 heavy (non-hydrogen) atoms. The van der Waals surface area contributed by atoms with Gasteiger partial charge in [-0.25, -0.2) is 4.99 Å². The molecule has 166 valence electrons. The normalized spacial score (nSPS) is 16.7. The topological polar surface area (TPSA) is 88.5 Å². The Morgan fingerprint density at radius 1 is 1.39 bits per heavy atom. The van der Waals surface area contributed by atoms with Gasteiger partial charge in [0.1, 0.15) is 11.1 Å². The fourth-order valence-electron chi connectivity index (χ4n) is 4.36. The Labute approximate surface area is 186 Å². The highest BCUT2D eigenvalue weighted by atomic mass is 35.5. The number of aromatic amines is 1. The van der Waals surface area contributed by atoms with Gasteiger partial charge in [0.05, 0.1) is 23.4 Å². The molecule has 2 heterocycles. The molecule has 1 aromatic carbocycles. The smallest absolute Gasteiger partial charge is 0.274 e. The summed E-state index contributed by atoms with van der Waals surface area (Å²) in [6, 6.07) is 4.01. The van der Waals surface area contributed by atoms with E-state index in [1.54, 1.807) is 10.6 Å². The number of carbonyl (C=O) groups excluding carboxylic acids is 1. The Balaban J connectivity index is 1.32. The quantitative estimate of drug-likeness (QED) is 0.587. The highest BCUT2D eigenvalue weighted by Crippen LogP contribution is 2.35. The van der Waals surface area contributed by atoms with E-state index in [4.69, 9.17) is 16.3 Å². The third-order valence-corrected chi connectivity index (χ3v) is 6.34. The first-order chi connectivity index (χ1) is 14.9. The molecule has 2 aromatic rings. The van der Waals surface area contributed by atoms with Gasteiger partial charge < -0.3 is 14.6 Å². The molecular weight excluding hydrogens is 416 g/mol. The minimum Gasteiger partial charge on any atom is -0.491 e. The van der Waals surface area contributed by atoms with Crippen molar-refractivity contribution in [3.05, 3.63) is 44.0 Å². The summed E-state index contributed by atoms with van der Waals surface area (Å²) in [6.07, 6.45) is 7.92. The van der Waals surface area contributed by atoms with Crippen molar-refractivity contribution in [3.8, 4) is 5.75 Å². The first-order valence-electron chi connectivity index (χ1n) is 11.1. The fourth-order valence-corrected chi connectivity index (χ4v) is 4.63. The van der Waals surface area contributed by atoms with Gasteiger partial charge in [0.25, 0.3) is 5.56 Å². The average molecular weight is 445 g/mol. The minimum absolute atomic E-state index is 0.0516. The highest BCUT2D eigenvalue weighted by Gasteiger charge is 2.19. The lowest BCUT2D eigenvalue weighted by Crippen LogP contribution is -2.36. The van der Waals surface area contributed by atoms with Crippen LogP contribution in [0.3, 0.4) is 0 Å². The zero-order chi connectivity index (χ0) is 22.0. The molecule has 2 N–H and O–H groups in total. The summed E-state index contributed by atoms with van der Waals surface area (Å²) in [5.74, 6) is 0.796. The number of H-pyrrole nitrogens is 1. The molecule has 0 bridgehead atoms. The van der Waals surface area contributed by atoms with E-state index in [1.165, 1.54) is 19.3 Å². The number of hydrogen-bond acceptors (Lipinski definition) is 4. The van der Waals surface area contributed by atoms with Gasteiger partial charge in [-0.05, 0) is 38.7 Å². The molecule has 2 aliphatic rings. The second-order valence-electron chi connectivity index (χ2n) is 8.56. The number of nitrogens with one attached hydrogen (secondary N) is 2. The zero-order valence-electron chi connectivity index (χ0n) is 17.9. The van der Waals surface area contributed by atoms with Gasteiger partial charge in [0, 0.05) is 24.1 Å². The molecule has 1 saturated carbocycles. The van der Waals surface area contributed by atoms with E-state index in [-0.39, 0.29) is 17.6 Å². The van der Waals surface area contributed by atoms with Crippen LogP contribution in [0.1, 0.15) is 63.9 Å². The van der Waals surface area contributed by atoms with Gasteiger partial charge in [-0.2, -0.15) is 0 Å². The van der Waals surface area contributed by atoms with Crippen molar-refractivity contribution < 1.29 is 9.53 Å². The molecule has 1 unspecified atom stereocenters. The van der Waals surface area contributed by atoms with E-state index >= 15 is 0 Å². The van der Waals surface area contributed by atoms with Crippen LogP contribution in [-0.4, -0.2) is 27.6 Å². The van der Waals surface area contributed by atoms with Crippen LogP contribution in [-0.2, 0) is 11.3 Å². The third-order valence-electron chi connectivity index (χ3n) is 6.05. The van der Waals surface area contributed by atoms with Gasteiger partial charge in [-0.1, -0.05) is 37.4 Å². The van der Waals surface area contributed by atoms with Crippen LogP contribution in [0.5, 0.6) is 5.75 Å². The van der Waals surface area contributed by atoms with Crippen molar-refractivity contribution >= 4 is 29.8 Å². The van der Waals surface area contributed by atoms with E-state index in [1.807, 2.05) is 13.0 Å².